The number of hydrogen-bond donors (Lipinski definition) is 1. The minimum Gasteiger partial charge on any atom is -0.393 e. The molecule has 1 rings (SSSR count). The number of halogens is 2. The van der Waals surface area contributed by atoms with Crippen LogP contribution in [0.3, 0.4) is 0 Å². The van der Waals surface area contributed by atoms with E-state index in [1.54, 1.807) is 13.0 Å². The lowest BCUT2D eigenvalue weighted by Crippen LogP contribution is -2.05. The molecule has 5 heteroatoms. The highest BCUT2D eigenvalue weighted by Gasteiger charge is 2.06. The molecule has 1 aromatic rings. The van der Waals surface area contributed by atoms with Crippen molar-refractivity contribution in [1.29, 1.82) is 0 Å². The molecule has 0 radical (unpaired) electrons. The van der Waals surface area contributed by atoms with Gasteiger partial charge in [0, 0.05) is 6.42 Å². The van der Waals surface area contributed by atoms with Gasteiger partial charge in [0.15, 0.2) is 10.3 Å². The number of nitrogens with zero attached hydrogens (tertiary/aromatic N) is 2. The molecule has 0 aliphatic heterocycles. The molecule has 1 atom stereocenters. The fourth-order valence-electron chi connectivity index (χ4n) is 0.849. The summed E-state index contributed by atoms with van der Waals surface area (Å²) in [4.78, 5) is 0. The van der Waals surface area contributed by atoms with Gasteiger partial charge in [0.25, 0.3) is 0 Å². The predicted octanol–water partition coefficient (Wildman–Crippen LogP) is 1.71. The van der Waals surface area contributed by atoms with Gasteiger partial charge in [-0.3, -0.25) is 0 Å². The Morgan fingerprint density at radius 2 is 2.17 bits per heavy atom. The summed E-state index contributed by atoms with van der Waals surface area (Å²) in [7, 11) is 0. The second-order valence-corrected chi connectivity index (χ2v) is 3.28. The third-order valence-electron chi connectivity index (χ3n) is 1.31. The van der Waals surface area contributed by atoms with Crippen molar-refractivity contribution in [3.05, 3.63) is 21.9 Å². The molecular formula is C7H8Cl2N2O. The first-order valence-corrected chi connectivity index (χ1v) is 4.21. The standard InChI is InChI=1S/C7H8Cl2N2O/c1-4(12)2-5-3-6(8)10-11-7(5)9/h3-4,12H,2H2,1H3/t4-/m1/s1. The number of aliphatic hydroxyl groups is 1. The Morgan fingerprint density at radius 1 is 1.50 bits per heavy atom. The SMILES string of the molecule is C[C@@H](O)Cc1cc(Cl)nnc1Cl. The predicted molar refractivity (Wildman–Crippen MR) is 47.4 cm³/mol. The molecule has 0 saturated carbocycles. The Morgan fingerprint density at radius 3 is 2.75 bits per heavy atom. The molecule has 0 aromatic carbocycles. The van der Waals surface area contributed by atoms with Crippen molar-refractivity contribution in [2.45, 2.75) is 19.4 Å². The van der Waals surface area contributed by atoms with Crippen LogP contribution in [0.2, 0.25) is 10.3 Å². The first-order chi connectivity index (χ1) is 5.59. The van der Waals surface area contributed by atoms with E-state index in [4.69, 9.17) is 28.3 Å². The van der Waals surface area contributed by atoms with Crippen LogP contribution in [0.1, 0.15) is 12.5 Å². The van der Waals surface area contributed by atoms with Crippen LogP contribution in [-0.2, 0) is 6.42 Å². The second kappa shape index (κ2) is 4.03. The molecule has 1 aromatic heterocycles. The maximum atomic E-state index is 9.07. The van der Waals surface area contributed by atoms with Gasteiger partial charge in [-0.05, 0) is 18.6 Å². The molecule has 66 valence electrons. The number of hydrogen-bond acceptors (Lipinski definition) is 3. The fourth-order valence-corrected chi connectivity index (χ4v) is 1.19. The molecule has 0 amide bonds. The van der Waals surface area contributed by atoms with Crippen LogP contribution in [0.5, 0.6) is 0 Å². The Labute approximate surface area is 80.3 Å². The zero-order valence-corrected chi connectivity index (χ0v) is 7.97. The van der Waals surface area contributed by atoms with Crippen molar-refractivity contribution >= 4 is 23.2 Å². The summed E-state index contributed by atoms with van der Waals surface area (Å²) in [5, 5.41) is 16.8. The van der Waals surface area contributed by atoms with Crippen LogP contribution < -0.4 is 0 Å². The Kier molecular flexibility index (Phi) is 3.26. The van der Waals surface area contributed by atoms with E-state index in [2.05, 4.69) is 10.2 Å². The molecule has 3 nitrogen and oxygen atoms in total. The van der Waals surface area contributed by atoms with E-state index in [1.807, 2.05) is 0 Å². The first-order valence-electron chi connectivity index (χ1n) is 3.45. The summed E-state index contributed by atoms with van der Waals surface area (Å²) in [5.41, 5.74) is 0.715. The van der Waals surface area contributed by atoms with Crippen molar-refractivity contribution in [3.8, 4) is 0 Å². The fraction of sp³-hybridized carbons (Fsp3) is 0.429. The molecule has 1 heterocycles. The quantitative estimate of drug-likeness (QED) is 0.802. The maximum absolute atomic E-state index is 9.07. The van der Waals surface area contributed by atoms with Gasteiger partial charge in [-0.25, -0.2) is 0 Å². The summed E-state index contributed by atoms with van der Waals surface area (Å²) in [6, 6.07) is 1.60. The molecule has 0 saturated heterocycles. The third kappa shape index (κ3) is 2.59. The Bertz CT molecular complexity index is 278. The summed E-state index contributed by atoms with van der Waals surface area (Å²) >= 11 is 11.3. The highest BCUT2D eigenvalue weighted by atomic mass is 35.5. The van der Waals surface area contributed by atoms with E-state index in [0.717, 1.165) is 0 Å². The molecule has 0 fully saturated rings. The molecule has 0 aliphatic carbocycles. The van der Waals surface area contributed by atoms with E-state index in [0.29, 0.717) is 17.1 Å². The number of aromatic nitrogens is 2. The summed E-state index contributed by atoms with van der Waals surface area (Å²) < 4.78 is 0. The van der Waals surface area contributed by atoms with Gasteiger partial charge in [-0.2, -0.15) is 0 Å². The second-order valence-electron chi connectivity index (χ2n) is 2.54. The summed E-state index contributed by atoms with van der Waals surface area (Å²) in [5.74, 6) is 0. The maximum Gasteiger partial charge on any atom is 0.155 e. The van der Waals surface area contributed by atoms with Crippen LogP contribution in [0.25, 0.3) is 0 Å². The monoisotopic (exact) mass is 206 g/mol. The zero-order chi connectivity index (χ0) is 9.14. The Balaban J connectivity index is 2.90. The van der Waals surface area contributed by atoms with Crippen LogP contribution in [-0.4, -0.2) is 21.4 Å². The van der Waals surface area contributed by atoms with Gasteiger partial charge in [-0.15, -0.1) is 10.2 Å². The van der Waals surface area contributed by atoms with Gasteiger partial charge in [0.2, 0.25) is 0 Å². The van der Waals surface area contributed by atoms with Gasteiger partial charge in [-0.1, -0.05) is 23.2 Å². The van der Waals surface area contributed by atoms with Gasteiger partial charge >= 0.3 is 0 Å². The third-order valence-corrected chi connectivity index (χ3v) is 1.81. The highest BCUT2D eigenvalue weighted by molar-refractivity contribution is 6.31. The molecule has 0 bridgehead atoms. The first kappa shape index (κ1) is 9.71. The molecule has 12 heavy (non-hydrogen) atoms. The average Bonchev–Trinajstić information content (AvgIpc) is 1.96. The lowest BCUT2D eigenvalue weighted by molar-refractivity contribution is 0.195. The highest BCUT2D eigenvalue weighted by Crippen LogP contribution is 2.16. The minimum absolute atomic E-state index is 0.287. The number of rotatable bonds is 2. The smallest absolute Gasteiger partial charge is 0.155 e. The van der Waals surface area contributed by atoms with Crippen molar-refractivity contribution in [2.75, 3.05) is 0 Å². The lowest BCUT2D eigenvalue weighted by Gasteiger charge is -2.04. The molecular weight excluding hydrogens is 199 g/mol. The zero-order valence-electron chi connectivity index (χ0n) is 6.46. The van der Waals surface area contributed by atoms with E-state index in [-0.39, 0.29) is 5.15 Å². The lowest BCUT2D eigenvalue weighted by atomic mass is 10.1. The topological polar surface area (TPSA) is 46.0 Å². The molecule has 1 N–H and O–H groups in total. The van der Waals surface area contributed by atoms with Gasteiger partial charge in [0.05, 0.1) is 6.10 Å². The van der Waals surface area contributed by atoms with Crippen molar-refractivity contribution in [1.82, 2.24) is 10.2 Å². The summed E-state index contributed by atoms with van der Waals surface area (Å²) in [6.45, 7) is 1.67. The van der Waals surface area contributed by atoms with Gasteiger partial charge in [0.1, 0.15) is 0 Å². The van der Waals surface area contributed by atoms with E-state index < -0.39 is 6.10 Å². The molecule has 0 spiro atoms. The largest absolute Gasteiger partial charge is 0.393 e. The van der Waals surface area contributed by atoms with Crippen LogP contribution in [0.15, 0.2) is 6.07 Å². The van der Waals surface area contributed by atoms with E-state index in [9.17, 15) is 0 Å². The molecule has 0 unspecified atom stereocenters. The normalized spacial score (nSPS) is 13.0. The minimum atomic E-state index is -0.456. The van der Waals surface area contributed by atoms with Crippen molar-refractivity contribution < 1.29 is 5.11 Å². The molecule has 0 aliphatic rings. The van der Waals surface area contributed by atoms with E-state index in [1.165, 1.54) is 0 Å². The van der Waals surface area contributed by atoms with E-state index >= 15 is 0 Å². The van der Waals surface area contributed by atoms with Gasteiger partial charge < -0.3 is 5.11 Å². The Hall–Kier alpha value is -0.380. The van der Waals surface area contributed by atoms with Crippen LogP contribution in [0.4, 0.5) is 0 Å². The van der Waals surface area contributed by atoms with Crippen molar-refractivity contribution in [2.24, 2.45) is 0 Å². The number of aliphatic hydroxyl groups excluding tert-OH is 1. The summed E-state index contributed by atoms with van der Waals surface area (Å²) in [6.07, 6.45) is -0.0172. The van der Waals surface area contributed by atoms with Crippen LogP contribution >= 0.6 is 23.2 Å². The van der Waals surface area contributed by atoms with Crippen molar-refractivity contribution in [3.63, 3.8) is 0 Å². The average molecular weight is 207 g/mol. The van der Waals surface area contributed by atoms with Crippen LogP contribution in [0, 0.1) is 0 Å².